The highest BCUT2D eigenvalue weighted by Crippen LogP contribution is 2.42. The lowest BCUT2D eigenvalue weighted by atomic mass is 9.73. The van der Waals surface area contributed by atoms with Crippen LogP contribution in [0.3, 0.4) is 0 Å². The fourth-order valence-corrected chi connectivity index (χ4v) is 4.87. The number of aromatic amines is 1. The van der Waals surface area contributed by atoms with Crippen LogP contribution in [-0.4, -0.2) is 41.4 Å². The van der Waals surface area contributed by atoms with Gasteiger partial charge in [-0.2, -0.15) is 18.3 Å². The van der Waals surface area contributed by atoms with Crippen molar-refractivity contribution in [3.8, 4) is 11.3 Å². The Morgan fingerprint density at radius 1 is 1.03 bits per heavy atom. The van der Waals surface area contributed by atoms with Crippen LogP contribution in [0.1, 0.15) is 24.1 Å². The summed E-state index contributed by atoms with van der Waals surface area (Å²) in [5.41, 5.74) is 1.77. The lowest BCUT2D eigenvalue weighted by Crippen LogP contribution is -2.63. The molecule has 168 valence electrons. The van der Waals surface area contributed by atoms with E-state index in [1.54, 1.807) is 6.07 Å². The number of hydrogen-bond donors (Lipinski definition) is 1. The molecule has 0 bridgehead atoms. The average Bonchev–Trinajstić information content (AvgIpc) is 3.22. The zero-order valence-corrected chi connectivity index (χ0v) is 17.6. The number of benzene rings is 1. The maximum Gasteiger partial charge on any atom is 0.419 e. The van der Waals surface area contributed by atoms with Crippen LogP contribution in [0, 0.1) is 18.2 Å². The third-order valence-corrected chi connectivity index (χ3v) is 6.43. The highest BCUT2D eigenvalue weighted by molar-refractivity contribution is 5.64. The van der Waals surface area contributed by atoms with Gasteiger partial charge >= 0.3 is 6.18 Å². The van der Waals surface area contributed by atoms with E-state index in [1.807, 2.05) is 19.2 Å². The quantitative estimate of drug-likeness (QED) is 0.574. The number of pyridine rings is 1. The van der Waals surface area contributed by atoms with Gasteiger partial charge in [0.1, 0.15) is 5.82 Å². The van der Waals surface area contributed by atoms with Crippen LogP contribution < -0.4 is 9.80 Å². The molecule has 2 aromatic heterocycles. The molecule has 5 nitrogen and oxygen atoms in total. The molecule has 2 saturated heterocycles. The molecule has 0 radical (unpaired) electrons. The third kappa shape index (κ3) is 3.80. The first kappa shape index (κ1) is 20.8. The van der Waals surface area contributed by atoms with Crippen LogP contribution in [0.15, 0.2) is 42.6 Å². The first-order valence-electron chi connectivity index (χ1n) is 10.6. The summed E-state index contributed by atoms with van der Waals surface area (Å²) in [5, 5.41) is 7.17. The average molecular weight is 445 g/mol. The Balaban J connectivity index is 1.31. The Labute approximate surface area is 183 Å². The minimum Gasteiger partial charge on any atom is -0.370 e. The highest BCUT2D eigenvalue weighted by atomic mass is 19.4. The van der Waals surface area contributed by atoms with E-state index in [9.17, 15) is 17.6 Å². The van der Waals surface area contributed by atoms with E-state index in [2.05, 4.69) is 31.0 Å². The fraction of sp³-hybridized carbons (Fsp3) is 0.391. The Kier molecular flexibility index (Phi) is 4.87. The SMILES string of the molecule is Cc1cc(N2CC3(CCCN(c4cc(-c5ccc(F)c(C(F)(F)F)c5)[nH]n4)C3)C2)ccn1. The number of halogens is 4. The molecular formula is C23H23F4N5. The first-order chi connectivity index (χ1) is 15.2. The molecule has 0 unspecified atom stereocenters. The van der Waals surface area contributed by atoms with E-state index in [1.165, 1.54) is 11.8 Å². The number of nitrogens with one attached hydrogen (secondary N) is 1. The van der Waals surface area contributed by atoms with Gasteiger partial charge in [-0.3, -0.25) is 10.1 Å². The molecule has 0 amide bonds. The summed E-state index contributed by atoms with van der Waals surface area (Å²) < 4.78 is 52.8. The summed E-state index contributed by atoms with van der Waals surface area (Å²) in [7, 11) is 0. The summed E-state index contributed by atoms with van der Waals surface area (Å²) in [6, 6.07) is 8.86. The van der Waals surface area contributed by atoms with E-state index in [0.717, 1.165) is 56.8 Å². The van der Waals surface area contributed by atoms with Crippen LogP contribution in [0.2, 0.25) is 0 Å². The second-order valence-electron chi connectivity index (χ2n) is 8.87. The van der Waals surface area contributed by atoms with Crippen molar-refractivity contribution in [1.82, 2.24) is 15.2 Å². The minimum atomic E-state index is -4.74. The van der Waals surface area contributed by atoms with Gasteiger partial charge in [-0.25, -0.2) is 4.39 Å². The van der Waals surface area contributed by atoms with E-state index in [4.69, 9.17) is 0 Å². The predicted molar refractivity (Wildman–Crippen MR) is 114 cm³/mol. The smallest absolute Gasteiger partial charge is 0.370 e. The van der Waals surface area contributed by atoms with Crippen molar-refractivity contribution in [1.29, 1.82) is 0 Å². The number of alkyl halides is 3. The summed E-state index contributed by atoms with van der Waals surface area (Å²) in [6.07, 6.45) is -0.756. The third-order valence-electron chi connectivity index (χ3n) is 6.43. The van der Waals surface area contributed by atoms with Crippen LogP contribution in [0.5, 0.6) is 0 Å². The van der Waals surface area contributed by atoms with Gasteiger partial charge in [0.15, 0.2) is 5.82 Å². The predicted octanol–water partition coefficient (Wildman–Crippen LogP) is 5.04. The van der Waals surface area contributed by atoms with Crippen molar-refractivity contribution >= 4 is 11.5 Å². The number of aromatic nitrogens is 3. The van der Waals surface area contributed by atoms with Crippen molar-refractivity contribution < 1.29 is 17.6 Å². The van der Waals surface area contributed by atoms with Gasteiger partial charge in [-0.15, -0.1) is 0 Å². The van der Waals surface area contributed by atoms with Crippen molar-refractivity contribution in [3.05, 3.63) is 59.7 Å². The number of hydrogen-bond acceptors (Lipinski definition) is 4. The fourth-order valence-electron chi connectivity index (χ4n) is 4.87. The van der Waals surface area contributed by atoms with Gasteiger partial charge in [0, 0.05) is 60.8 Å². The lowest BCUT2D eigenvalue weighted by molar-refractivity contribution is -0.139. The number of piperidine rings is 1. The Morgan fingerprint density at radius 2 is 1.81 bits per heavy atom. The maximum atomic E-state index is 13.6. The molecule has 1 aromatic carbocycles. The molecule has 2 aliphatic rings. The molecule has 4 heterocycles. The van der Waals surface area contributed by atoms with Crippen LogP contribution in [-0.2, 0) is 6.18 Å². The van der Waals surface area contributed by atoms with Crippen molar-refractivity contribution in [2.75, 3.05) is 36.0 Å². The molecule has 9 heteroatoms. The monoisotopic (exact) mass is 445 g/mol. The molecule has 2 fully saturated rings. The van der Waals surface area contributed by atoms with Gasteiger partial charge in [0.2, 0.25) is 0 Å². The molecule has 0 atom stereocenters. The summed E-state index contributed by atoms with van der Waals surface area (Å²) >= 11 is 0. The minimum absolute atomic E-state index is 0.174. The van der Waals surface area contributed by atoms with Gasteiger partial charge in [0.25, 0.3) is 0 Å². The Bertz CT molecular complexity index is 1130. The summed E-state index contributed by atoms with van der Waals surface area (Å²) in [4.78, 5) is 8.80. The van der Waals surface area contributed by atoms with Crippen molar-refractivity contribution in [2.24, 2.45) is 5.41 Å². The second-order valence-corrected chi connectivity index (χ2v) is 8.87. The number of anilines is 2. The largest absolute Gasteiger partial charge is 0.419 e. The molecule has 0 aliphatic carbocycles. The molecular weight excluding hydrogens is 422 g/mol. The molecule has 0 saturated carbocycles. The molecule has 1 N–H and O–H groups in total. The topological polar surface area (TPSA) is 48.0 Å². The van der Waals surface area contributed by atoms with Gasteiger partial charge in [-0.05, 0) is 50.1 Å². The normalized spacial score (nSPS) is 18.2. The molecule has 2 aliphatic heterocycles. The standard InChI is InChI=1S/C23H23F4N5/c1-15-9-17(5-7-28-15)32-13-22(14-32)6-2-8-31(12-22)21-11-20(29-30-21)16-3-4-19(24)18(10-16)23(25,26)27/h3-5,7,9-11H,2,6,8,12-14H2,1H3,(H,29,30). The summed E-state index contributed by atoms with van der Waals surface area (Å²) in [5.74, 6) is -0.576. The number of aryl methyl sites for hydroxylation is 1. The van der Waals surface area contributed by atoms with Crippen LogP contribution in [0.4, 0.5) is 29.1 Å². The Hall–Kier alpha value is -3.10. The van der Waals surface area contributed by atoms with Gasteiger partial charge in [-0.1, -0.05) is 0 Å². The zero-order valence-electron chi connectivity index (χ0n) is 17.6. The number of rotatable bonds is 3. The van der Waals surface area contributed by atoms with E-state index >= 15 is 0 Å². The first-order valence-corrected chi connectivity index (χ1v) is 10.6. The van der Waals surface area contributed by atoms with E-state index < -0.39 is 17.6 Å². The molecule has 5 rings (SSSR count). The summed E-state index contributed by atoms with van der Waals surface area (Å²) in [6.45, 7) is 5.58. The van der Waals surface area contributed by atoms with Gasteiger partial charge in [0.05, 0.1) is 11.3 Å². The molecule has 32 heavy (non-hydrogen) atoms. The van der Waals surface area contributed by atoms with Crippen molar-refractivity contribution in [2.45, 2.75) is 25.9 Å². The Morgan fingerprint density at radius 3 is 2.56 bits per heavy atom. The van der Waals surface area contributed by atoms with Crippen molar-refractivity contribution in [3.63, 3.8) is 0 Å². The maximum absolute atomic E-state index is 13.6. The lowest BCUT2D eigenvalue weighted by Gasteiger charge is -2.55. The molecule has 1 spiro atoms. The number of H-pyrrole nitrogens is 1. The number of nitrogens with zero attached hydrogens (tertiary/aromatic N) is 4. The molecule has 3 aromatic rings. The van der Waals surface area contributed by atoms with Crippen LogP contribution in [0.25, 0.3) is 11.3 Å². The highest BCUT2D eigenvalue weighted by Gasteiger charge is 2.46. The van der Waals surface area contributed by atoms with Crippen LogP contribution >= 0.6 is 0 Å². The zero-order chi connectivity index (χ0) is 22.5. The second kappa shape index (κ2) is 7.50. The van der Waals surface area contributed by atoms with Gasteiger partial charge < -0.3 is 9.80 Å². The van der Waals surface area contributed by atoms with E-state index in [0.29, 0.717) is 11.5 Å². The van der Waals surface area contributed by atoms with E-state index in [-0.39, 0.29) is 11.0 Å².